The summed E-state index contributed by atoms with van der Waals surface area (Å²) in [6.45, 7) is 3.48. The fraction of sp³-hybridized carbons (Fsp3) is 0.500. The summed E-state index contributed by atoms with van der Waals surface area (Å²) < 4.78 is 37.8. The van der Waals surface area contributed by atoms with Crippen molar-refractivity contribution in [2.75, 3.05) is 26.3 Å². The van der Waals surface area contributed by atoms with Crippen molar-refractivity contribution in [1.82, 2.24) is 25.7 Å². The van der Waals surface area contributed by atoms with Crippen molar-refractivity contribution in [3.63, 3.8) is 0 Å². The minimum Gasteiger partial charge on any atom is -0.378 e. The molecule has 1 aromatic carbocycles. The average molecular weight is 479 g/mol. The maximum absolute atomic E-state index is 13.8. The Bertz CT molecular complexity index is 989. The van der Waals surface area contributed by atoms with Gasteiger partial charge in [-0.05, 0) is 25.5 Å². The van der Waals surface area contributed by atoms with Crippen LogP contribution >= 0.6 is 0 Å². The quantitative estimate of drug-likeness (QED) is 0.528. The molecule has 1 aliphatic rings. The fourth-order valence-corrected chi connectivity index (χ4v) is 3.38. The van der Waals surface area contributed by atoms with E-state index in [4.69, 9.17) is 9.26 Å². The van der Waals surface area contributed by atoms with Crippen LogP contribution in [-0.2, 0) is 9.53 Å². The number of rotatable bonds is 9. The Balaban J connectivity index is 1.69. The molecule has 1 fully saturated rings. The average Bonchev–Trinajstić information content (AvgIpc) is 3.32. The Morgan fingerprint density at radius 2 is 1.79 bits per heavy atom. The molecule has 1 saturated heterocycles. The Kier molecular flexibility index (Phi) is 8.26. The molecular formula is C22H27F2N5O5. The zero-order chi connectivity index (χ0) is 24.7. The highest BCUT2D eigenvalue weighted by Gasteiger charge is 2.35. The van der Waals surface area contributed by atoms with Crippen molar-refractivity contribution >= 4 is 17.7 Å². The van der Waals surface area contributed by atoms with Crippen molar-refractivity contribution in [3.05, 3.63) is 36.2 Å². The van der Waals surface area contributed by atoms with Gasteiger partial charge in [0.15, 0.2) is 0 Å². The molecule has 3 amide bonds. The van der Waals surface area contributed by atoms with Gasteiger partial charge in [-0.1, -0.05) is 30.3 Å². The molecule has 2 aromatic rings. The van der Waals surface area contributed by atoms with Gasteiger partial charge in [0.05, 0.1) is 19.3 Å². The van der Waals surface area contributed by atoms with Crippen molar-refractivity contribution in [3.8, 4) is 11.5 Å². The molecule has 34 heavy (non-hydrogen) atoms. The van der Waals surface area contributed by atoms with Gasteiger partial charge in [0, 0.05) is 25.1 Å². The van der Waals surface area contributed by atoms with E-state index >= 15 is 0 Å². The number of ketones is 1. The minimum absolute atomic E-state index is 0.131. The van der Waals surface area contributed by atoms with E-state index in [1.54, 1.807) is 31.2 Å². The van der Waals surface area contributed by atoms with E-state index in [0.29, 0.717) is 25.7 Å². The number of aromatic nitrogens is 2. The molecule has 0 spiro atoms. The Morgan fingerprint density at radius 1 is 1.12 bits per heavy atom. The Hall–Kier alpha value is -3.41. The number of carbonyl (C=O) groups excluding carboxylic acids is 3. The van der Waals surface area contributed by atoms with Gasteiger partial charge < -0.3 is 24.8 Å². The van der Waals surface area contributed by atoms with E-state index in [9.17, 15) is 23.2 Å². The van der Waals surface area contributed by atoms with E-state index in [-0.39, 0.29) is 31.2 Å². The first-order valence-corrected chi connectivity index (χ1v) is 10.9. The highest BCUT2D eigenvalue weighted by molar-refractivity contribution is 6.00. The SMILES string of the molecule is CC[C@H](NC(=O)[C@H](CC(C)(F)F)NC(=O)N1CCOCC1)C(=O)c1noc(-c2ccccc2)n1. The van der Waals surface area contributed by atoms with E-state index in [1.807, 2.05) is 6.07 Å². The van der Waals surface area contributed by atoms with E-state index < -0.39 is 42.1 Å². The number of carbonyl (C=O) groups is 3. The van der Waals surface area contributed by atoms with Crippen LogP contribution in [0.5, 0.6) is 0 Å². The molecule has 2 atom stereocenters. The lowest BCUT2D eigenvalue weighted by atomic mass is 10.1. The van der Waals surface area contributed by atoms with Gasteiger partial charge in [-0.3, -0.25) is 9.59 Å². The Morgan fingerprint density at radius 3 is 2.41 bits per heavy atom. The first-order chi connectivity index (χ1) is 16.2. The molecule has 2 N–H and O–H groups in total. The second-order valence-corrected chi connectivity index (χ2v) is 8.00. The van der Waals surface area contributed by atoms with Gasteiger partial charge in [-0.2, -0.15) is 4.98 Å². The fourth-order valence-electron chi connectivity index (χ4n) is 3.38. The third-order valence-corrected chi connectivity index (χ3v) is 5.18. The molecule has 2 heterocycles. The number of ether oxygens (including phenoxy) is 1. The van der Waals surface area contributed by atoms with Crippen molar-refractivity contribution < 1.29 is 32.4 Å². The zero-order valence-corrected chi connectivity index (χ0v) is 18.9. The van der Waals surface area contributed by atoms with Crippen LogP contribution < -0.4 is 10.6 Å². The van der Waals surface area contributed by atoms with E-state index in [2.05, 4.69) is 20.8 Å². The predicted octanol–water partition coefficient (Wildman–Crippen LogP) is 2.27. The third kappa shape index (κ3) is 6.80. The van der Waals surface area contributed by atoms with Gasteiger partial charge in [0.2, 0.25) is 23.4 Å². The van der Waals surface area contributed by atoms with Gasteiger partial charge in [-0.15, -0.1) is 0 Å². The Labute approximate surface area is 195 Å². The van der Waals surface area contributed by atoms with Crippen molar-refractivity contribution in [2.45, 2.75) is 44.7 Å². The standard InChI is InChI=1S/C22H27F2N5O5/c1-3-15(17(30)18-27-20(34-28-18)14-7-5-4-6-8-14)25-19(31)16(13-22(2,23)24)26-21(32)29-9-11-33-12-10-29/h4-8,15-16H,3,9-13H2,1-2H3,(H,25,31)(H,26,32)/t15-,16-/m0/s1. The second-order valence-electron chi connectivity index (χ2n) is 8.00. The second kappa shape index (κ2) is 11.1. The molecule has 0 saturated carbocycles. The normalized spacial score (nSPS) is 15.9. The lowest BCUT2D eigenvalue weighted by molar-refractivity contribution is -0.125. The lowest BCUT2D eigenvalue weighted by Crippen LogP contribution is -2.56. The number of Topliss-reactive ketones (excluding diaryl/α,β-unsaturated/α-hetero) is 1. The summed E-state index contributed by atoms with van der Waals surface area (Å²) in [5, 5.41) is 8.49. The number of hydrogen-bond acceptors (Lipinski definition) is 7. The van der Waals surface area contributed by atoms with Crippen LogP contribution in [0, 0.1) is 0 Å². The molecule has 3 rings (SSSR count). The first kappa shape index (κ1) is 25.2. The molecule has 184 valence electrons. The summed E-state index contributed by atoms with van der Waals surface area (Å²) >= 11 is 0. The zero-order valence-electron chi connectivity index (χ0n) is 18.9. The number of halogens is 2. The van der Waals surface area contributed by atoms with E-state index in [1.165, 1.54) is 4.90 Å². The van der Waals surface area contributed by atoms with Gasteiger partial charge in [-0.25, -0.2) is 13.6 Å². The third-order valence-electron chi connectivity index (χ3n) is 5.18. The van der Waals surface area contributed by atoms with Crippen LogP contribution in [0.2, 0.25) is 0 Å². The summed E-state index contributed by atoms with van der Waals surface area (Å²) in [6.07, 6.45) is -0.785. The number of amides is 3. The molecule has 0 bridgehead atoms. The first-order valence-electron chi connectivity index (χ1n) is 10.9. The van der Waals surface area contributed by atoms with Gasteiger partial charge in [0.25, 0.3) is 5.89 Å². The number of benzene rings is 1. The smallest absolute Gasteiger partial charge is 0.318 e. The highest BCUT2D eigenvalue weighted by atomic mass is 19.3. The topological polar surface area (TPSA) is 127 Å². The molecule has 1 aromatic heterocycles. The molecule has 1 aliphatic heterocycles. The summed E-state index contributed by atoms with van der Waals surface area (Å²) in [7, 11) is 0. The molecule has 12 heteroatoms. The molecule has 10 nitrogen and oxygen atoms in total. The highest BCUT2D eigenvalue weighted by Crippen LogP contribution is 2.20. The van der Waals surface area contributed by atoms with Crippen LogP contribution in [-0.4, -0.2) is 77.1 Å². The number of alkyl halides is 2. The summed E-state index contributed by atoms with van der Waals surface area (Å²) in [6, 6.07) is 5.50. The number of nitrogens with zero attached hydrogens (tertiary/aromatic N) is 3. The van der Waals surface area contributed by atoms with E-state index in [0.717, 1.165) is 0 Å². The molecule has 0 unspecified atom stereocenters. The van der Waals surface area contributed by atoms with Gasteiger partial charge >= 0.3 is 6.03 Å². The van der Waals surface area contributed by atoms with Crippen LogP contribution in [0.4, 0.5) is 13.6 Å². The van der Waals surface area contributed by atoms with Crippen LogP contribution in [0.25, 0.3) is 11.5 Å². The number of urea groups is 1. The largest absolute Gasteiger partial charge is 0.378 e. The maximum Gasteiger partial charge on any atom is 0.318 e. The summed E-state index contributed by atoms with van der Waals surface area (Å²) in [4.78, 5) is 43.7. The molecule has 0 aliphatic carbocycles. The minimum atomic E-state index is -3.23. The molecular weight excluding hydrogens is 452 g/mol. The predicted molar refractivity (Wildman–Crippen MR) is 116 cm³/mol. The number of morpholine rings is 1. The molecule has 0 radical (unpaired) electrons. The number of nitrogens with one attached hydrogen (secondary N) is 2. The van der Waals surface area contributed by atoms with Crippen molar-refractivity contribution in [1.29, 1.82) is 0 Å². The number of hydrogen-bond donors (Lipinski definition) is 2. The maximum atomic E-state index is 13.8. The van der Waals surface area contributed by atoms with Gasteiger partial charge in [0.1, 0.15) is 6.04 Å². The van der Waals surface area contributed by atoms with Crippen LogP contribution in [0.15, 0.2) is 34.9 Å². The lowest BCUT2D eigenvalue weighted by Gasteiger charge is -2.30. The summed E-state index contributed by atoms with van der Waals surface area (Å²) in [5.74, 6) is -4.89. The van der Waals surface area contributed by atoms with Crippen LogP contribution in [0.1, 0.15) is 37.3 Å². The van der Waals surface area contributed by atoms with Crippen LogP contribution in [0.3, 0.4) is 0 Å². The monoisotopic (exact) mass is 479 g/mol. The summed E-state index contributed by atoms with van der Waals surface area (Å²) in [5.41, 5.74) is 0.613. The van der Waals surface area contributed by atoms with Crippen molar-refractivity contribution in [2.24, 2.45) is 0 Å².